The van der Waals surface area contributed by atoms with E-state index in [9.17, 15) is 19.4 Å². The second-order valence-electron chi connectivity index (χ2n) is 15.0. The minimum atomic E-state index is -4.58. The average molecular weight is 763 g/mol. The highest BCUT2D eigenvalue weighted by molar-refractivity contribution is 7.45. The molecule has 8 nitrogen and oxygen atoms in total. The first kappa shape index (κ1) is 50.9. The fourth-order valence-electron chi connectivity index (χ4n) is 5.41. The van der Waals surface area contributed by atoms with Gasteiger partial charge >= 0.3 is 0 Å². The Bertz CT molecular complexity index is 1090. The van der Waals surface area contributed by atoms with E-state index in [0.29, 0.717) is 23.9 Å². The fraction of sp³-hybridized carbons (Fsp3) is 0.705. The number of likely N-dealkylation sites (N-methyl/N-ethyl adjacent to an activating group) is 1. The number of hydrogen-bond acceptors (Lipinski definition) is 6. The zero-order valence-corrected chi connectivity index (χ0v) is 35.3. The minimum absolute atomic E-state index is 0.00529. The number of phosphoric ester groups is 1. The van der Waals surface area contributed by atoms with Gasteiger partial charge in [0.25, 0.3) is 7.82 Å². The van der Waals surface area contributed by atoms with Crippen molar-refractivity contribution >= 4 is 13.7 Å². The number of phosphoric acid groups is 1. The van der Waals surface area contributed by atoms with E-state index in [2.05, 4.69) is 79.9 Å². The van der Waals surface area contributed by atoms with Gasteiger partial charge in [0.15, 0.2) is 0 Å². The van der Waals surface area contributed by atoms with Crippen LogP contribution in [0.15, 0.2) is 72.9 Å². The van der Waals surface area contributed by atoms with Gasteiger partial charge in [-0.25, -0.2) is 0 Å². The number of nitrogens with one attached hydrogen (secondary N) is 1. The largest absolute Gasteiger partial charge is 0.756 e. The number of aliphatic hydroxyl groups is 1. The topological polar surface area (TPSA) is 108 Å². The van der Waals surface area contributed by atoms with Crippen LogP contribution in [-0.2, 0) is 18.4 Å². The zero-order chi connectivity index (χ0) is 39.3. The van der Waals surface area contributed by atoms with Crippen molar-refractivity contribution in [3.63, 3.8) is 0 Å². The number of amides is 1. The molecule has 0 fully saturated rings. The van der Waals surface area contributed by atoms with Gasteiger partial charge in [-0.05, 0) is 51.4 Å². The molecule has 306 valence electrons. The number of carbonyl (C=O) groups is 1. The molecule has 0 saturated carbocycles. The van der Waals surface area contributed by atoms with E-state index in [4.69, 9.17) is 9.05 Å². The van der Waals surface area contributed by atoms with E-state index in [-0.39, 0.29) is 25.5 Å². The summed E-state index contributed by atoms with van der Waals surface area (Å²) < 4.78 is 23.2. The summed E-state index contributed by atoms with van der Waals surface area (Å²) in [6.07, 6.45) is 46.3. The number of unbranched alkanes of at least 4 members (excludes halogenated alkanes) is 11. The van der Waals surface area contributed by atoms with Crippen molar-refractivity contribution in [1.29, 1.82) is 0 Å². The Morgan fingerprint density at radius 2 is 1.11 bits per heavy atom. The fourth-order valence-corrected chi connectivity index (χ4v) is 6.14. The second-order valence-corrected chi connectivity index (χ2v) is 16.4. The quantitative estimate of drug-likeness (QED) is 0.0285. The lowest BCUT2D eigenvalue weighted by Crippen LogP contribution is -2.46. The Labute approximate surface area is 325 Å². The third-order valence-electron chi connectivity index (χ3n) is 8.72. The van der Waals surface area contributed by atoms with Crippen molar-refractivity contribution in [2.24, 2.45) is 0 Å². The Morgan fingerprint density at radius 1 is 0.679 bits per heavy atom. The van der Waals surface area contributed by atoms with Crippen LogP contribution in [-0.4, -0.2) is 68.5 Å². The molecule has 3 unspecified atom stereocenters. The predicted octanol–water partition coefficient (Wildman–Crippen LogP) is 10.6. The maximum Gasteiger partial charge on any atom is 0.268 e. The molecule has 0 heterocycles. The highest BCUT2D eigenvalue weighted by Crippen LogP contribution is 2.38. The van der Waals surface area contributed by atoms with E-state index in [0.717, 1.165) is 57.8 Å². The van der Waals surface area contributed by atoms with E-state index in [1.165, 1.54) is 57.8 Å². The summed E-state index contributed by atoms with van der Waals surface area (Å²) in [6.45, 7) is 4.51. The molecule has 0 spiro atoms. The Balaban J connectivity index is 4.56. The summed E-state index contributed by atoms with van der Waals surface area (Å²) in [7, 11) is 1.24. The van der Waals surface area contributed by atoms with Crippen LogP contribution < -0.4 is 10.2 Å². The minimum Gasteiger partial charge on any atom is -0.756 e. The molecule has 0 saturated heterocycles. The highest BCUT2D eigenvalue weighted by atomic mass is 31.2. The van der Waals surface area contributed by atoms with E-state index >= 15 is 0 Å². The lowest BCUT2D eigenvalue weighted by Gasteiger charge is -2.30. The van der Waals surface area contributed by atoms with Crippen molar-refractivity contribution in [2.75, 3.05) is 40.9 Å². The summed E-state index contributed by atoms with van der Waals surface area (Å²) in [6, 6.07) is -0.843. The molecule has 53 heavy (non-hydrogen) atoms. The summed E-state index contributed by atoms with van der Waals surface area (Å²) >= 11 is 0. The summed E-state index contributed by atoms with van der Waals surface area (Å²) in [5, 5.41) is 13.8. The van der Waals surface area contributed by atoms with Crippen molar-refractivity contribution in [3.05, 3.63) is 72.9 Å². The van der Waals surface area contributed by atoms with Gasteiger partial charge in [0, 0.05) is 6.42 Å². The molecule has 0 bridgehead atoms. The molecule has 0 radical (unpaired) electrons. The Kier molecular flexibility index (Phi) is 34.2. The maximum atomic E-state index is 12.8. The van der Waals surface area contributed by atoms with Crippen LogP contribution in [0.5, 0.6) is 0 Å². The molecular formula is C44H79N2O6P. The predicted molar refractivity (Wildman–Crippen MR) is 223 cm³/mol. The molecule has 0 rings (SSSR count). The molecule has 0 aromatic carbocycles. The van der Waals surface area contributed by atoms with E-state index in [1.807, 2.05) is 33.3 Å². The van der Waals surface area contributed by atoms with Crippen LogP contribution in [0, 0.1) is 0 Å². The lowest BCUT2D eigenvalue weighted by molar-refractivity contribution is -0.870. The SMILES string of the molecule is CC/C=C\C/C=C\C/C=C\C/C=C\C/C=C\C/C=C\CCC(=O)NC(COP(=O)([O-])OCC[N+](C)(C)C)C(O)CCCCCCCCCCCCCC. The number of nitrogens with zero attached hydrogens (tertiary/aromatic N) is 1. The van der Waals surface area contributed by atoms with Gasteiger partial charge in [0.1, 0.15) is 13.2 Å². The standard InChI is InChI=1S/C44H79N2O6P/c1-6-8-10-12-14-16-18-20-21-22-23-24-25-26-28-30-32-34-36-38-44(48)45-42(41-52-53(49,50)51-40-39-46(3,4)5)43(47)37-35-33-31-29-27-19-17-15-13-11-9-7-2/h8,10,14,16,20-21,23-24,26,28,32,34,42-43,47H,6-7,9,11-13,15,17-19,22,25,27,29-31,33,35-41H2,1-5H3,(H-,45,48,49,50)/b10-8-,16-14-,21-20-,24-23-,28-26-,34-32-. The van der Waals surface area contributed by atoms with Gasteiger partial charge in [-0.2, -0.15) is 0 Å². The van der Waals surface area contributed by atoms with Crippen LogP contribution in [0.4, 0.5) is 0 Å². The molecule has 3 atom stereocenters. The Hall–Kier alpha value is -2.06. The number of carbonyl (C=O) groups excluding carboxylic acids is 1. The first-order valence-electron chi connectivity index (χ1n) is 20.8. The van der Waals surface area contributed by atoms with Crippen molar-refractivity contribution < 1.29 is 32.9 Å². The molecule has 0 aromatic heterocycles. The molecule has 0 aromatic rings. The lowest BCUT2D eigenvalue weighted by atomic mass is 10.0. The van der Waals surface area contributed by atoms with E-state index < -0.39 is 20.0 Å². The maximum absolute atomic E-state index is 12.8. The number of aliphatic hydroxyl groups excluding tert-OH is 1. The van der Waals surface area contributed by atoms with Crippen LogP contribution in [0.3, 0.4) is 0 Å². The molecule has 1 amide bonds. The molecule has 9 heteroatoms. The molecule has 0 aliphatic rings. The van der Waals surface area contributed by atoms with Gasteiger partial charge in [0.2, 0.25) is 5.91 Å². The monoisotopic (exact) mass is 763 g/mol. The second kappa shape index (κ2) is 35.6. The molecule has 0 aliphatic heterocycles. The Morgan fingerprint density at radius 3 is 1.57 bits per heavy atom. The van der Waals surface area contributed by atoms with Crippen molar-refractivity contribution in [3.8, 4) is 0 Å². The van der Waals surface area contributed by atoms with Gasteiger partial charge in [-0.3, -0.25) is 9.36 Å². The molecule has 0 aliphatic carbocycles. The average Bonchev–Trinajstić information content (AvgIpc) is 3.10. The summed E-state index contributed by atoms with van der Waals surface area (Å²) in [5.74, 6) is -0.251. The smallest absolute Gasteiger partial charge is 0.268 e. The first-order valence-corrected chi connectivity index (χ1v) is 22.2. The van der Waals surface area contributed by atoms with Gasteiger partial charge < -0.3 is 28.8 Å². The number of allylic oxidation sites excluding steroid dienone is 12. The van der Waals surface area contributed by atoms with Crippen LogP contribution in [0.25, 0.3) is 0 Å². The van der Waals surface area contributed by atoms with Crippen molar-refractivity contribution in [2.45, 2.75) is 161 Å². The van der Waals surface area contributed by atoms with Gasteiger partial charge in [0.05, 0.1) is 39.9 Å². The van der Waals surface area contributed by atoms with Gasteiger partial charge in [-0.1, -0.05) is 164 Å². The molecule has 2 N–H and O–H groups in total. The van der Waals surface area contributed by atoms with E-state index in [1.54, 1.807) is 0 Å². The summed E-state index contributed by atoms with van der Waals surface area (Å²) in [4.78, 5) is 25.2. The van der Waals surface area contributed by atoms with Crippen LogP contribution in [0.1, 0.15) is 149 Å². The van der Waals surface area contributed by atoms with Crippen LogP contribution >= 0.6 is 7.82 Å². The third-order valence-corrected chi connectivity index (χ3v) is 9.69. The number of quaternary nitrogens is 1. The van der Waals surface area contributed by atoms with Crippen molar-refractivity contribution in [1.82, 2.24) is 5.32 Å². The van der Waals surface area contributed by atoms with Gasteiger partial charge in [-0.15, -0.1) is 0 Å². The number of hydrogen-bond donors (Lipinski definition) is 2. The first-order chi connectivity index (χ1) is 25.5. The molecular weight excluding hydrogens is 683 g/mol. The number of rotatable bonds is 36. The normalized spacial score (nSPS) is 15.2. The third kappa shape index (κ3) is 38.0. The highest BCUT2D eigenvalue weighted by Gasteiger charge is 2.24. The zero-order valence-electron chi connectivity index (χ0n) is 34.4. The summed E-state index contributed by atoms with van der Waals surface area (Å²) in [5.41, 5.74) is 0. The van der Waals surface area contributed by atoms with Crippen LogP contribution in [0.2, 0.25) is 0 Å².